The second kappa shape index (κ2) is 9.27. The van der Waals surface area contributed by atoms with Crippen molar-refractivity contribution in [2.75, 3.05) is 0 Å². The molecule has 0 fully saturated rings. The maximum atomic E-state index is 11.7. The van der Waals surface area contributed by atoms with Gasteiger partial charge >= 0.3 is 5.97 Å². The Morgan fingerprint density at radius 1 is 1.36 bits per heavy atom. The Labute approximate surface area is 167 Å². The Hall–Kier alpha value is -3.00. The zero-order chi connectivity index (χ0) is 19.9. The number of carboxylic acid groups (broad SMARTS) is 1. The number of nitrogens with zero attached hydrogens (tertiary/aromatic N) is 5. The van der Waals surface area contributed by atoms with Crippen molar-refractivity contribution in [1.29, 1.82) is 0 Å². The van der Waals surface area contributed by atoms with Crippen molar-refractivity contribution >= 4 is 23.6 Å². The summed E-state index contributed by atoms with van der Waals surface area (Å²) in [6.45, 7) is 2.64. The topological polar surface area (TPSA) is 110 Å². The molecule has 0 aliphatic heterocycles. The van der Waals surface area contributed by atoms with Crippen LogP contribution in [0.1, 0.15) is 42.7 Å². The Morgan fingerprint density at radius 2 is 2.18 bits per heavy atom. The average molecular weight is 401 g/mol. The van der Waals surface area contributed by atoms with E-state index in [1.165, 1.54) is 0 Å². The molecule has 146 valence electrons. The normalized spacial score (nSPS) is 11.7. The highest BCUT2D eigenvalue weighted by molar-refractivity contribution is 6.31. The van der Waals surface area contributed by atoms with Crippen molar-refractivity contribution in [2.45, 2.75) is 39.2 Å². The summed E-state index contributed by atoms with van der Waals surface area (Å²) in [5.74, 6) is 0.258. The highest BCUT2D eigenvalue weighted by Crippen LogP contribution is 2.21. The number of hydrogen-bond acceptors (Lipinski definition) is 5. The molecule has 2 aromatic heterocycles. The first-order valence-corrected chi connectivity index (χ1v) is 9.40. The van der Waals surface area contributed by atoms with Crippen LogP contribution in [-0.2, 0) is 24.2 Å². The summed E-state index contributed by atoms with van der Waals surface area (Å²) in [6, 6.07) is 7.61. The Balaban J connectivity index is 1.97. The molecule has 3 rings (SSSR count). The minimum absolute atomic E-state index is 0.0872. The molecule has 1 aromatic carbocycles. The number of unbranched alkanes of at least 4 members (excludes halogenated alkanes) is 1. The van der Waals surface area contributed by atoms with Gasteiger partial charge in [-0.15, -0.1) is 5.10 Å². The number of hydrogen-bond donors (Lipinski definition) is 2. The van der Waals surface area contributed by atoms with Crippen molar-refractivity contribution < 1.29 is 9.90 Å². The van der Waals surface area contributed by atoms with Crippen LogP contribution in [0, 0.1) is 0 Å². The van der Waals surface area contributed by atoms with Crippen LogP contribution in [0.4, 0.5) is 0 Å². The lowest BCUT2D eigenvalue weighted by molar-refractivity contribution is -0.132. The second-order valence-corrected chi connectivity index (χ2v) is 6.79. The number of halogens is 1. The van der Waals surface area contributed by atoms with Crippen LogP contribution in [0.2, 0.25) is 5.02 Å². The Kier molecular flexibility index (Phi) is 6.54. The van der Waals surface area contributed by atoms with E-state index in [0.717, 1.165) is 30.7 Å². The zero-order valence-corrected chi connectivity index (χ0v) is 16.2. The van der Waals surface area contributed by atoms with Gasteiger partial charge in [0.1, 0.15) is 5.82 Å². The number of benzene rings is 1. The zero-order valence-electron chi connectivity index (χ0n) is 15.5. The molecule has 0 aliphatic carbocycles. The minimum Gasteiger partial charge on any atom is -0.478 e. The predicted octanol–water partition coefficient (Wildman–Crippen LogP) is 3.15. The number of aryl methyl sites for hydroxylation is 1. The molecule has 28 heavy (non-hydrogen) atoms. The number of nitrogens with one attached hydrogen (secondary N) is 1. The molecule has 2 N–H and O–H groups in total. The second-order valence-electron chi connectivity index (χ2n) is 6.38. The van der Waals surface area contributed by atoms with Crippen LogP contribution in [0.15, 0.2) is 36.0 Å². The molecule has 0 saturated heterocycles. The highest BCUT2D eigenvalue weighted by Gasteiger charge is 2.15. The molecule has 2 heterocycles. The first-order chi connectivity index (χ1) is 13.6. The van der Waals surface area contributed by atoms with E-state index in [-0.39, 0.29) is 12.0 Å². The van der Waals surface area contributed by atoms with Gasteiger partial charge in [-0.3, -0.25) is 0 Å². The molecule has 0 spiro atoms. The number of aromatic nitrogens is 6. The number of carbonyl (C=O) groups is 1. The third-order valence-electron chi connectivity index (χ3n) is 4.35. The molecule has 0 aliphatic rings. The van der Waals surface area contributed by atoms with Crippen molar-refractivity contribution in [2.24, 2.45) is 0 Å². The molecule has 0 atom stereocenters. The van der Waals surface area contributed by atoms with E-state index < -0.39 is 5.97 Å². The number of H-pyrrole nitrogens is 1. The summed E-state index contributed by atoms with van der Waals surface area (Å²) >= 11 is 6.33. The number of aliphatic carboxylic acids is 1. The minimum atomic E-state index is -1.03. The van der Waals surface area contributed by atoms with Crippen molar-refractivity contribution in [3.8, 4) is 0 Å². The number of carboxylic acids is 1. The van der Waals surface area contributed by atoms with Gasteiger partial charge in [0, 0.05) is 23.4 Å². The van der Waals surface area contributed by atoms with Crippen LogP contribution >= 0.6 is 11.6 Å². The molecule has 0 bridgehead atoms. The summed E-state index contributed by atoms with van der Waals surface area (Å²) in [7, 11) is 0. The lowest BCUT2D eigenvalue weighted by Gasteiger charge is -2.12. The first kappa shape index (κ1) is 19.8. The van der Waals surface area contributed by atoms with E-state index in [1.807, 2.05) is 28.8 Å². The van der Waals surface area contributed by atoms with E-state index in [1.54, 1.807) is 12.3 Å². The molecule has 3 aromatic rings. The first-order valence-electron chi connectivity index (χ1n) is 9.02. The van der Waals surface area contributed by atoms with Crippen molar-refractivity contribution in [3.63, 3.8) is 0 Å². The van der Waals surface area contributed by atoms with Crippen molar-refractivity contribution in [1.82, 2.24) is 30.2 Å². The van der Waals surface area contributed by atoms with Crippen molar-refractivity contribution in [3.05, 3.63) is 64.0 Å². The van der Waals surface area contributed by atoms with Crippen LogP contribution < -0.4 is 0 Å². The number of imidazole rings is 1. The fraction of sp³-hybridized carbons (Fsp3) is 0.316. The van der Waals surface area contributed by atoms with E-state index in [2.05, 4.69) is 32.5 Å². The summed E-state index contributed by atoms with van der Waals surface area (Å²) in [6.07, 6.45) is 6.25. The summed E-state index contributed by atoms with van der Waals surface area (Å²) in [5.41, 5.74) is 1.82. The van der Waals surface area contributed by atoms with E-state index in [0.29, 0.717) is 23.1 Å². The van der Waals surface area contributed by atoms with Gasteiger partial charge in [0.2, 0.25) is 0 Å². The van der Waals surface area contributed by atoms with E-state index in [9.17, 15) is 9.90 Å². The van der Waals surface area contributed by atoms with E-state index in [4.69, 9.17) is 11.6 Å². The highest BCUT2D eigenvalue weighted by atomic mass is 35.5. The summed E-state index contributed by atoms with van der Waals surface area (Å²) in [5, 5.41) is 23.6. The number of tetrazole rings is 1. The van der Waals surface area contributed by atoms with E-state index >= 15 is 0 Å². The van der Waals surface area contributed by atoms with Gasteiger partial charge in [0.05, 0.1) is 18.4 Å². The molecule has 0 unspecified atom stereocenters. The van der Waals surface area contributed by atoms with Gasteiger partial charge in [0.25, 0.3) is 0 Å². The lowest BCUT2D eigenvalue weighted by Crippen LogP contribution is -2.10. The SMILES string of the molecule is CCCCc1ncc(/C=C(\Cc2nnn[nH]2)C(=O)O)n1Cc1ccccc1Cl. The van der Waals surface area contributed by atoms with Gasteiger partial charge in [-0.05, 0) is 34.6 Å². The Bertz CT molecular complexity index is 965. The molecule has 0 saturated carbocycles. The smallest absolute Gasteiger partial charge is 0.332 e. The molecular weight excluding hydrogens is 380 g/mol. The molecule has 0 amide bonds. The fourth-order valence-corrected chi connectivity index (χ4v) is 3.05. The third-order valence-corrected chi connectivity index (χ3v) is 4.72. The maximum Gasteiger partial charge on any atom is 0.332 e. The maximum absolute atomic E-state index is 11.7. The Morgan fingerprint density at radius 3 is 2.86 bits per heavy atom. The molecule has 0 radical (unpaired) electrons. The van der Waals surface area contributed by atoms with Gasteiger partial charge < -0.3 is 9.67 Å². The largest absolute Gasteiger partial charge is 0.478 e. The quantitative estimate of drug-likeness (QED) is 0.534. The molecule has 9 heteroatoms. The fourth-order valence-electron chi connectivity index (χ4n) is 2.86. The van der Waals surface area contributed by atoms with Gasteiger partial charge in [-0.2, -0.15) is 0 Å². The standard InChI is InChI=1S/C19H21ClN6O2/c1-2-3-8-18-21-11-15(26(18)12-13-6-4-5-7-16(13)20)9-14(19(27)28)10-17-22-24-25-23-17/h4-7,9,11H,2-3,8,10,12H2,1H3,(H,27,28)(H,22,23,24,25)/b14-9+. The summed E-state index contributed by atoms with van der Waals surface area (Å²) in [4.78, 5) is 16.3. The van der Waals surface area contributed by atoms with Crippen LogP contribution in [0.5, 0.6) is 0 Å². The van der Waals surface area contributed by atoms with Crippen LogP contribution in [0.3, 0.4) is 0 Å². The van der Waals surface area contributed by atoms with Crippen LogP contribution in [-0.4, -0.2) is 41.3 Å². The number of rotatable bonds is 9. The van der Waals surface area contributed by atoms with Crippen LogP contribution in [0.25, 0.3) is 6.08 Å². The number of aromatic amines is 1. The van der Waals surface area contributed by atoms with Gasteiger partial charge in [-0.1, -0.05) is 43.1 Å². The lowest BCUT2D eigenvalue weighted by atomic mass is 10.1. The molecule has 8 nitrogen and oxygen atoms in total. The monoisotopic (exact) mass is 400 g/mol. The predicted molar refractivity (Wildman–Crippen MR) is 105 cm³/mol. The van der Waals surface area contributed by atoms with Gasteiger partial charge in [0.15, 0.2) is 5.82 Å². The third kappa shape index (κ3) is 4.83. The van der Waals surface area contributed by atoms with Gasteiger partial charge in [-0.25, -0.2) is 14.9 Å². The average Bonchev–Trinajstić information content (AvgIpc) is 3.32. The summed E-state index contributed by atoms with van der Waals surface area (Å²) < 4.78 is 2.01. The molecular formula is C19H21ClN6O2.